The molecule has 4 fully saturated rings. The standard InChI is InChI=1S/C24H29N3O5/c1-14(21(30)27-12-20(29)25-18-5-3-4-6-19(18)27)32-22(31)23-8-16-7-17(9-23)11-24(10-16,13-23)26-15(2)28/h3-6,14,16-17H,7-13H2,1-2H3,(H,25,29)(H,26,28). The van der Waals surface area contributed by atoms with E-state index in [0.29, 0.717) is 29.6 Å². The molecular formula is C24H29N3O5. The Hall–Kier alpha value is -2.90. The number of hydrogen-bond acceptors (Lipinski definition) is 5. The number of hydrogen-bond donors (Lipinski definition) is 2. The van der Waals surface area contributed by atoms with Gasteiger partial charge in [-0.05, 0) is 69.4 Å². The molecule has 0 spiro atoms. The number of nitrogens with one attached hydrogen (secondary N) is 2. The Labute approximate surface area is 187 Å². The van der Waals surface area contributed by atoms with Gasteiger partial charge in [-0.3, -0.25) is 24.1 Å². The number of anilines is 2. The van der Waals surface area contributed by atoms with Crippen LogP contribution in [-0.2, 0) is 23.9 Å². The van der Waals surface area contributed by atoms with Crippen molar-refractivity contribution < 1.29 is 23.9 Å². The third-order valence-electron chi connectivity index (χ3n) is 7.60. The van der Waals surface area contributed by atoms with Gasteiger partial charge in [-0.15, -0.1) is 0 Å². The third-order valence-corrected chi connectivity index (χ3v) is 7.60. The van der Waals surface area contributed by atoms with Gasteiger partial charge < -0.3 is 15.4 Å². The van der Waals surface area contributed by atoms with Gasteiger partial charge in [-0.25, -0.2) is 0 Å². The zero-order chi connectivity index (χ0) is 22.7. The first-order chi connectivity index (χ1) is 15.2. The molecule has 3 atom stereocenters. The molecule has 4 bridgehead atoms. The van der Waals surface area contributed by atoms with Gasteiger partial charge in [0.2, 0.25) is 11.8 Å². The first-order valence-corrected chi connectivity index (χ1v) is 11.4. The maximum absolute atomic E-state index is 13.4. The number of amides is 3. The molecule has 8 heteroatoms. The van der Waals surface area contributed by atoms with E-state index in [0.717, 1.165) is 32.1 Å². The minimum atomic E-state index is -1.01. The van der Waals surface area contributed by atoms with E-state index >= 15 is 0 Å². The fraction of sp³-hybridized carbons (Fsp3) is 0.583. The van der Waals surface area contributed by atoms with E-state index in [2.05, 4.69) is 10.6 Å². The molecule has 8 nitrogen and oxygen atoms in total. The highest BCUT2D eigenvalue weighted by molar-refractivity contribution is 6.11. The van der Waals surface area contributed by atoms with Crippen LogP contribution >= 0.6 is 0 Å². The summed E-state index contributed by atoms with van der Waals surface area (Å²) in [5, 5.41) is 5.90. The first-order valence-electron chi connectivity index (χ1n) is 11.4. The lowest BCUT2D eigenvalue weighted by atomic mass is 9.47. The molecule has 2 N–H and O–H groups in total. The Kier molecular flexibility index (Phi) is 4.80. The molecule has 1 heterocycles. The highest BCUT2D eigenvalue weighted by atomic mass is 16.5. The summed E-state index contributed by atoms with van der Waals surface area (Å²) in [7, 11) is 0. The maximum atomic E-state index is 13.4. The largest absolute Gasteiger partial charge is 0.452 e. The van der Waals surface area contributed by atoms with Crippen molar-refractivity contribution in [3.05, 3.63) is 24.3 Å². The van der Waals surface area contributed by atoms with Crippen LogP contribution in [0, 0.1) is 17.3 Å². The predicted octanol–water partition coefficient (Wildman–Crippen LogP) is 2.38. The van der Waals surface area contributed by atoms with E-state index in [-0.39, 0.29) is 29.9 Å². The first kappa shape index (κ1) is 21.0. The highest BCUT2D eigenvalue weighted by Crippen LogP contribution is 2.62. The van der Waals surface area contributed by atoms with Gasteiger partial charge in [0.15, 0.2) is 6.10 Å². The number of para-hydroxylation sites is 2. The molecule has 0 radical (unpaired) electrons. The van der Waals surface area contributed by atoms with Gasteiger partial charge in [0, 0.05) is 12.5 Å². The van der Waals surface area contributed by atoms with Crippen molar-refractivity contribution in [1.29, 1.82) is 0 Å². The molecule has 0 aromatic heterocycles. The fourth-order valence-electron chi connectivity index (χ4n) is 7.01. The smallest absolute Gasteiger partial charge is 0.312 e. The van der Waals surface area contributed by atoms with Crippen LogP contribution < -0.4 is 15.5 Å². The van der Waals surface area contributed by atoms with Gasteiger partial charge in [-0.1, -0.05) is 12.1 Å². The van der Waals surface area contributed by atoms with Crippen LogP contribution in [0.5, 0.6) is 0 Å². The Morgan fingerprint density at radius 2 is 1.84 bits per heavy atom. The van der Waals surface area contributed by atoms with Crippen molar-refractivity contribution in [3.8, 4) is 0 Å². The van der Waals surface area contributed by atoms with E-state index < -0.39 is 17.4 Å². The van der Waals surface area contributed by atoms with Gasteiger partial charge in [0.1, 0.15) is 6.54 Å². The van der Waals surface area contributed by atoms with Gasteiger partial charge in [0.05, 0.1) is 16.8 Å². The Morgan fingerprint density at radius 1 is 1.16 bits per heavy atom. The summed E-state index contributed by atoms with van der Waals surface area (Å²) in [5.74, 6) is -0.340. The zero-order valence-corrected chi connectivity index (χ0v) is 18.5. The SMILES string of the molecule is CC(=O)NC12CC3CC(C1)CC(C(=O)OC(C)C(=O)N1CC(=O)Nc4ccccc41)(C3)C2. The molecule has 4 saturated carbocycles. The number of benzene rings is 1. The number of ether oxygens (including phenoxy) is 1. The number of carbonyl (C=O) groups is 4. The van der Waals surface area contributed by atoms with Gasteiger partial charge in [0.25, 0.3) is 5.91 Å². The average Bonchev–Trinajstić information content (AvgIpc) is 2.70. The van der Waals surface area contributed by atoms with Crippen molar-refractivity contribution in [2.75, 3.05) is 16.8 Å². The number of nitrogens with zero attached hydrogens (tertiary/aromatic N) is 1. The molecule has 1 aliphatic heterocycles. The summed E-state index contributed by atoms with van der Waals surface area (Å²) in [6, 6.07) is 7.08. The molecule has 3 unspecified atom stereocenters. The van der Waals surface area contributed by atoms with E-state index in [4.69, 9.17) is 4.74 Å². The quantitative estimate of drug-likeness (QED) is 0.701. The summed E-state index contributed by atoms with van der Waals surface area (Å²) in [6.07, 6.45) is 3.97. The van der Waals surface area contributed by atoms with E-state index in [1.165, 1.54) is 11.8 Å². The predicted molar refractivity (Wildman–Crippen MR) is 117 cm³/mol. The summed E-state index contributed by atoms with van der Waals surface area (Å²) in [4.78, 5) is 52.0. The number of carbonyl (C=O) groups excluding carboxylic acids is 4. The summed E-state index contributed by atoms with van der Waals surface area (Å²) < 4.78 is 5.78. The molecule has 1 aromatic carbocycles. The fourth-order valence-corrected chi connectivity index (χ4v) is 7.01. The third kappa shape index (κ3) is 3.45. The van der Waals surface area contributed by atoms with Gasteiger partial charge >= 0.3 is 5.97 Å². The monoisotopic (exact) mass is 439 g/mol. The lowest BCUT2D eigenvalue weighted by Gasteiger charge is -2.60. The van der Waals surface area contributed by atoms with Crippen LogP contribution in [-0.4, -0.2) is 41.9 Å². The number of esters is 1. The minimum absolute atomic E-state index is 0.0685. The number of fused-ring (bicyclic) bond motifs is 1. The Balaban J connectivity index is 1.34. The molecular weight excluding hydrogens is 410 g/mol. The second kappa shape index (κ2) is 7.32. The van der Waals surface area contributed by atoms with Crippen LogP contribution in [0.4, 0.5) is 11.4 Å². The Bertz CT molecular complexity index is 991. The molecule has 3 amide bonds. The van der Waals surface area contributed by atoms with Crippen molar-refractivity contribution in [1.82, 2.24) is 5.32 Å². The van der Waals surface area contributed by atoms with Crippen molar-refractivity contribution in [2.45, 2.75) is 64.0 Å². The minimum Gasteiger partial charge on any atom is -0.452 e. The van der Waals surface area contributed by atoms with E-state index in [9.17, 15) is 19.2 Å². The summed E-state index contributed by atoms with van der Waals surface area (Å²) >= 11 is 0. The molecule has 4 aliphatic carbocycles. The maximum Gasteiger partial charge on any atom is 0.312 e. The summed E-state index contributed by atoms with van der Waals surface area (Å²) in [5.41, 5.74) is 0.165. The second-order valence-electron chi connectivity index (χ2n) is 10.2. The zero-order valence-electron chi connectivity index (χ0n) is 18.5. The Morgan fingerprint density at radius 3 is 2.53 bits per heavy atom. The van der Waals surface area contributed by atoms with Crippen molar-refractivity contribution in [2.24, 2.45) is 17.3 Å². The lowest BCUT2D eigenvalue weighted by Crippen LogP contribution is -2.65. The van der Waals surface area contributed by atoms with E-state index in [1.54, 1.807) is 31.2 Å². The molecule has 0 saturated heterocycles. The number of rotatable bonds is 4. The van der Waals surface area contributed by atoms with E-state index in [1.807, 2.05) is 0 Å². The van der Waals surface area contributed by atoms with Crippen molar-refractivity contribution >= 4 is 35.1 Å². The van der Waals surface area contributed by atoms with Crippen LogP contribution in [0.2, 0.25) is 0 Å². The van der Waals surface area contributed by atoms with Crippen LogP contribution in [0.3, 0.4) is 0 Å². The topological polar surface area (TPSA) is 105 Å². The van der Waals surface area contributed by atoms with Crippen LogP contribution in [0.1, 0.15) is 52.4 Å². The average molecular weight is 440 g/mol. The lowest BCUT2D eigenvalue weighted by molar-refractivity contribution is -0.181. The molecule has 32 heavy (non-hydrogen) atoms. The van der Waals surface area contributed by atoms with Gasteiger partial charge in [-0.2, -0.15) is 0 Å². The normalized spacial score (nSPS) is 33.2. The van der Waals surface area contributed by atoms with Crippen molar-refractivity contribution in [3.63, 3.8) is 0 Å². The second-order valence-corrected chi connectivity index (χ2v) is 10.2. The van der Waals surface area contributed by atoms with Crippen LogP contribution in [0.15, 0.2) is 24.3 Å². The highest BCUT2D eigenvalue weighted by Gasteiger charge is 2.62. The molecule has 6 rings (SSSR count). The summed E-state index contributed by atoms with van der Waals surface area (Å²) in [6.45, 7) is 2.98. The molecule has 5 aliphatic rings. The molecule has 170 valence electrons. The van der Waals surface area contributed by atoms with Crippen LogP contribution in [0.25, 0.3) is 0 Å². The molecule has 1 aromatic rings.